The molecule has 0 aliphatic carbocycles. The minimum Gasteiger partial charge on any atom is -0.325 e. The molecule has 0 spiro atoms. The summed E-state index contributed by atoms with van der Waals surface area (Å²) < 4.78 is 27.3. The number of aryl methyl sites for hydroxylation is 2. The molecule has 2 aromatic rings. The highest BCUT2D eigenvalue weighted by Crippen LogP contribution is 2.17. The van der Waals surface area contributed by atoms with Gasteiger partial charge in [0.15, 0.2) is 0 Å². The second kappa shape index (κ2) is 6.93. The number of amides is 1. The van der Waals surface area contributed by atoms with E-state index in [2.05, 4.69) is 10.0 Å². The number of benzene rings is 2. The summed E-state index contributed by atoms with van der Waals surface area (Å²) >= 11 is 0. The number of para-hydroxylation sites is 1. The zero-order valence-corrected chi connectivity index (χ0v) is 14.1. The molecule has 0 heterocycles. The number of anilines is 1. The number of rotatable bonds is 5. The van der Waals surface area contributed by atoms with Crippen LogP contribution in [0.5, 0.6) is 0 Å². The molecule has 0 saturated heterocycles. The third-order valence-corrected chi connectivity index (χ3v) is 5.09. The van der Waals surface area contributed by atoms with Gasteiger partial charge in [-0.25, -0.2) is 8.42 Å². The zero-order chi connectivity index (χ0) is 17.0. The third-order valence-electron chi connectivity index (χ3n) is 3.39. The summed E-state index contributed by atoms with van der Waals surface area (Å²) in [5.41, 5.74) is 2.25. The Morgan fingerprint density at radius 1 is 1.04 bits per heavy atom. The highest BCUT2D eigenvalue weighted by Gasteiger charge is 2.23. The van der Waals surface area contributed by atoms with Crippen LogP contribution in [-0.4, -0.2) is 20.4 Å². The molecular formula is C17H20N2O3S. The molecule has 2 aromatic carbocycles. The van der Waals surface area contributed by atoms with Gasteiger partial charge in [0.25, 0.3) is 0 Å². The maximum absolute atomic E-state index is 12.4. The predicted octanol–water partition coefficient (Wildman–Crippen LogP) is 2.61. The Labute approximate surface area is 136 Å². The van der Waals surface area contributed by atoms with Crippen molar-refractivity contribution in [2.24, 2.45) is 0 Å². The molecular weight excluding hydrogens is 312 g/mol. The van der Waals surface area contributed by atoms with Crippen LogP contribution in [0.15, 0.2) is 53.4 Å². The van der Waals surface area contributed by atoms with Crippen LogP contribution in [-0.2, 0) is 14.8 Å². The van der Waals surface area contributed by atoms with Crippen molar-refractivity contribution in [3.63, 3.8) is 0 Å². The van der Waals surface area contributed by atoms with E-state index in [0.717, 1.165) is 5.56 Å². The number of hydrogen-bond donors (Lipinski definition) is 2. The smallest absolute Gasteiger partial charge is 0.242 e. The monoisotopic (exact) mass is 332 g/mol. The maximum Gasteiger partial charge on any atom is 0.242 e. The average Bonchev–Trinajstić information content (AvgIpc) is 2.47. The fraction of sp³-hybridized carbons (Fsp3) is 0.235. The summed E-state index contributed by atoms with van der Waals surface area (Å²) in [5.74, 6) is -0.412. The number of nitrogens with one attached hydrogen (secondary N) is 2. The molecule has 0 aromatic heterocycles. The molecule has 0 aliphatic rings. The van der Waals surface area contributed by atoms with Gasteiger partial charge >= 0.3 is 0 Å². The summed E-state index contributed by atoms with van der Waals surface area (Å²) in [6, 6.07) is 13.1. The zero-order valence-electron chi connectivity index (χ0n) is 13.3. The topological polar surface area (TPSA) is 75.3 Å². The number of sulfonamides is 1. The van der Waals surface area contributed by atoms with Gasteiger partial charge in [0.1, 0.15) is 0 Å². The van der Waals surface area contributed by atoms with Gasteiger partial charge in [-0.15, -0.1) is 0 Å². The first-order valence-corrected chi connectivity index (χ1v) is 8.73. The van der Waals surface area contributed by atoms with Gasteiger partial charge in [-0.2, -0.15) is 4.72 Å². The Kier molecular flexibility index (Phi) is 5.18. The van der Waals surface area contributed by atoms with Gasteiger partial charge in [0.2, 0.25) is 15.9 Å². The molecule has 0 radical (unpaired) electrons. The number of carbonyl (C=O) groups is 1. The van der Waals surface area contributed by atoms with Gasteiger partial charge in [-0.1, -0.05) is 35.9 Å². The Morgan fingerprint density at radius 2 is 1.70 bits per heavy atom. The second-order valence-corrected chi connectivity index (χ2v) is 7.15. The molecule has 5 nitrogen and oxygen atoms in total. The lowest BCUT2D eigenvalue weighted by molar-refractivity contribution is -0.117. The van der Waals surface area contributed by atoms with Crippen LogP contribution >= 0.6 is 0 Å². The van der Waals surface area contributed by atoms with Gasteiger partial charge in [-0.05, 0) is 44.5 Å². The van der Waals surface area contributed by atoms with Crippen LogP contribution in [0.4, 0.5) is 5.69 Å². The van der Waals surface area contributed by atoms with Gasteiger partial charge in [0.05, 0.1) is 10.9 Å². The maximum atomic E-state index is 12.4. The second-order valence-electron chi connectivity index (χ2n) is 5.47. The Morgan fingerprint density at radius 3 is 2.30 bits per heavy atom. The SMILES string of the molecule is Cc1ccc(S(=O)(=O)NC(C)C(=O)Nc2ccccc2)c(C)c1. The molecule has 0 aliphatic heterocycles. The third kappa shape index (κ3) is 4.40. The van der Waals surface area contributed by atoms with E-state index in [0.29, 0.717) is 11.3 Å². The fourth-order valence-corrected chi connectivity index (χ4v) is 3.65. The van der Waals surface area contributed by atoms with Crippen molar-refractivity contribution in [1.29, 1.82) is 0 Å². The Balaban J connectivity index is 2.12. The van der Waals surface area contributed by atoms with E-state index in [9.17, 15) is 13.2 Å². The molecule has 2 rings (SSSR count). The van der Waals surface area contributed by atoms with Crippen molar-refractivity contribution in [2.45, 2.75) is 31.7 Å². The summed E-state index contributed by atoms with van der Waals surface area (Å²) in [7, 11) is -3.76. The van der Waals surface area contributed by atoms with E-state index >= 15 is 0 Å². The van der Waals surface area contributed by atoms with Crippen molar-refractivity contribution in [2.75, 3.05) is 5.32 Å². The lowest BCUT2D eigenvalue weighted by Gasteiger charge is -2.15. The van der Waals surface area contributed by atoms with Crippen LogP contribution in [0.3, 0.4) is 0 Å². The van der Waals surface area contributed by atoms with Crippen LogP contribution in [0.25, 0.3) is 0 Å². The largest absolute Gasteiger partial charge is 0.325 e. The highest BCUT2D eigenvalue weighted by atomic mass is 32.2. The van der Waals surface area contributed by atoms with E-state index < -0.39 is 22.0 Å². The highest BCUT2D eigenvalue weighted by molar-refractivity contribution is 7.89. The van der Waals surface area contributed by atoms with Crippen LogP contribution in [0.1, 0.15) is 18.1 Å². The van der Waals surface area contributed by atoms with Crippen molar-refractivity contribution in [1.82, 2.24) is 4.72 Å². The van der Waals surface area contributed by atoms with E-state index in [1.165, 1.54) is 6.92 Å². The molecule has 0 bridgehead atoms. The van der Waals surface area contributed by atoms with Crippen LogP contribution in [0.2, 0.25) is 0 Å². The molecule has 6 heteroatoms. The number of hydrogen-bond acceptors (Lipinski definition) is 3. The van der Waals surface area contributed by atoms with Crippen molar-refractivity contribution in [3.05, 3.63) is 59.7 Å². The Bertz CT molecular complexity index is 802. The fourth-order valence-electron chi connectivity index (χ4n) is 2.22. The van der Waals surface area contributed by atoms with E-state index in [1.54, 1.807) is 49.4 Å². The molecule has 2 N–H and O–H groups in total. The first-order valence-electron chi connectivity index (χ1n) is 7.25. The van der Waals surface area contributed by atoms with E-state index in [4.69, 9.17) is 0 Å². The summed E-state index contributed by atoms with van der Waals surface area (Å²) in [5, 5.41) is 2.67. The minimum atomic E-state index is -3.76. The average molecular weight is 332 g/mol. The normalized spacial score (nSPS) is 12.7. The number of carbonyl (C=O) groups excluding carboxylic acids is 1. The summed E-state index contributed by atoms with van der Waals surface area (Å²) in [4.78, 5) is 12.3. The quantitative estimate of drug-likeness (QED) is 0.884. The first kappa shape index (κ1) is 17.2. The van der Waals surface area contributed by atoms with Gasteiger partial charge < -0.3 is 5.32 Å². The molecule has 0 fully saturated rings. The minimum absolute atomic E-state index is 0.183. The van der Waals surface area contributed by atoms with Gasteiger partial charge in [-0.3, -0.25) is 4.79 Å². The predicted molar refractivity (Wildman–Crippen MR) is 90.8 cm³/mol. The van der Waals surface area contributed by atoms with Gasteiger partial charge in [0, 0.05) is 5.69 Å². The van der Waals surface area contributed by atoms with Crippen LogP contribution < -0.4 is 10.0 Å². The first-order chi connectivity index (χ1) is 10.8. The molecule has 23 heavy (non-hydrogen) atoms. The molecule has 122 valence electrons. The van der Waals surface area contributed by atoms with Crippen LogP contribution in [0, 0.1) is 13.8 Å². The molecule has 1 atom stereocenters. The van der Waals surface area contributed by atoms with E-state index in [-0.39, 0.29) is 4.90 Å². The van der Waals surface area contributed by atoms with E-state index in [1.807, 2.05) is 13.0 Å². The van der Waals surface area contributed by atoms with Crippen molar-refractivity contribution >= 4 is 21.6 Å². The lowest BCUT2D eigenvalue weighted by atomic mass is 10.2. The summed E-state index contributed by atoms with van der Waals surface area (Å²) in [6.07, 6.45) is 0. The molecule has 0 saturated carbocycles. The molecule has 1 amide bonds. The van der Waals surface area contributed by atoms with Crippen molar-refractivity contribution in [3.8, 4) is 0 Å². The Hall–Kier alpha value is -2.18. The lowest BCUT2D eigenvalue weighted by Crippen LogP contribution is -2.41. The summed E-state index contributed by atoms with van der Waals surface area (Å²) in [6.45, 7) is 5.14. The standard InChI is InChI=1S/C17H20N2O3S/c1-12-9-10-16(13(2)11-12)23(21,22)19-14(3)17(20)18-15-7-5-4-6-8-15/h4-11,14,19H,1-3H3,(H,18,20). The molecule has 1 unspecified atom stereocenters. The van der Waals surface area contributed by atoms with Crippen molar-refractivity contribution < 1.29 is 13.2 Å².